The van der Waals surface area contributed by atoms with E-state index in [0.717, 1.165) is 58.3 Å². The molecule has 1 aliphatic carbocycles. The second kappa shape index (κ2) is 8.59. The van der Waals surface area contributed by atoms with Crippen LogP contribution in [-0.2, 0) is 12.0 Å². The van der Waals surface area contributed by atoms with Gasteiger partial charge in [0, 0.05) is 26.2 Å². The minimum Gasteiger partial charge on any atom is -0.388 e. The Morgan fingerprint density at radius 2 is 1.66 bits per heavy atom. The zero-order valence-electron chi connectivity index (χ0n) is 18.1. The van der Waals surface area contributed by atoms with E-state index in [1.807, 2.05) is 0 Å². The number of rotatable bonds is 5. The van der Waals surface area contributed by atoms with Crippen LogP contribution in [0.1, 0.15) is 57.1 Å². The summed E-state index contributed by atoms with van der Waals surface area (Å²) in [5.41, 5.74) is 4.17. The molecule has 0 bridgehead atoms. The van der Waals surface area contributed by atoms with Crippen LogP contribution in [0.2, 0.25) is 0 Å². The van der Waals surface area contributed by atoms with Gasteiger partial charge in [0.1, 0.15) is 0 Å². The minimum absolute atomic E-state index is 0.397. The van der Waals surface area contributed by atoms with E-state index in [4.69, 9.17) is 0 Å². The van der Waals surface area contributed by atoms with Gasteiger partial charge in [-0.05, 0) is 48.4 Å². The fourth-order valence-corrected chi connectivity index (χ4v) is 5.70. The van der Waals surface area contributed by atoms with E-state index in [9.17, 15) is 5.11 Å². The molecule has 29 heavy (non-hydrogen) atoms. The summed E-state index contributed by atoms with van der Waals surface area (Å²) in [5, 5.41) is 15.7. The number of hydrogen-bond acceptors (Lipinski definition) is 3. The molecule has 0 aromatic heterocycles. The standard InChI is InChI=1S/C26H36N2O/c1-3-21-13-10-14-23(24(21)22-11-6-4-7-12-22)25(2,28-19-17-27-18-20-28)26(29)15-8-5-9-16-26/h4,6-7,10-14,27,29H,3,5,8-9,15-20H2,1-2H3. The van der Waals surface area contributed by atoms with Crippen molar-refractivity contribution in [2.75, 3.05) is 26.2 Å². The number of piperazine rings is 1. The van der Waals surface area contributed by atoms with Gasteiger partial charge in [0.2, 0.25) is 0 Å². The predicted octanol–water partition coefficient (Wildman–Crippen LogP) is 4.73. The van der Waals surface area contributed by atoms with Crippen LogP contribution in [0.4, 0.5) is 0 Å². The maximum Gasteiger partial charge on any atom is 0.0869 e. The van der Waals surface area contributed by atoms with Gasteiger partial charge in [-0.1, -0.05) is 74.7 Å². The van der Waals surface area contributed by atoms with Gasteiger partial charge in [-0.15, -0.1) is 0 Å². The molecule has 0 radical (unpaired) electrons. The molecular formula is C26H36N2O. The number of hydrogen-bond donors (Lipinski definition) is 2. The number of nitrogens with one attached hydrogen (secondary N) is 1. The molecular weight excluding hydrogens is 356 g/mol. The third-order valence-electron chi connectivity index (χ3n) is 7.45. The fourth-order valence-electron chi connectivity index (χ4n) is 5.70. The third kappa shape index (κ3) is 3.65. The summed E-state index contributed by atoms with van der Waals surface area (Å²) in [7, 11) is 0. The molecule has 1 atom stereocenters. The highest BCUT2D eigenvalue weighted by Crippen LogP contribution is 2.50. The summed E-state index contributed by atoms with van der Waals surface area (Å²) in [5.74, 6) is 0. The van der Waals surface area contributed by atoms with Crippen molar-refractivity contribution in [2.45, 2.75) is 63.5 Å². The first kappa shape index (κ1) is 20.6. The number of aliphatic hydroxyl groups is 1. The molecule has 2 aromatic rings. The number of benzene rings is 2. The summed E-state index contributed by atoms with van der Waals surface area (Å²) in [6.07, 6.45) is 6.24. The first-order chi connectivity index (χ1) is 14.1. The normalized spacial score (nSPS) is 22.2. The highest BCUT2D eigenvalue weighted by atomic mass is 16.3. The van der Waals surface area contributed by atoms with Gasteiger partial charge in [-0.2, -0.15) is 0 Å². The molecule has 1 aliphatic heterocycles. The molecule has 4 rings (SSSR count). The Bertz CT molecular complexity index is 807. The van der Waals surface area contributed by atoms with E-state index in [1.165, 1.54) is 28.7 Å². The lowest BCUT2D eigenvalue weighted by Gasteiger charge is -2.55. The lowest BCUT2D eigenvalue weighted by Crippen LogP contribution is -2.64. The van der Waals surface area contributed by atoms with Crippen molar-refractivity contribution in [1.29, 1.82) is 0 Å². The van der Waals surface area contributed by atoms with Crippen LogP contribution in [0.25, 0.3) is 11.1 Å². The predicted molar refractivity (Wildman–Crippen MR) is 121 cm³/mol. The fraction of sp³-hybridized carbons (Fsp3) is 0.538. The molecule has 3 heteroatoms. The van der Waals surface area contributed by atoms with Crippen molar-refractivity contribution >= 4 is 0 Å². The van der Waals surface area contributed by atoms with Gasteiger partial charge in [0.25, 0.3) is 0 Å². The highest BCUT2D eigenvalue weighted by Gasteiger charge is 2.53. The quantitative estimate of drug-likeness (QED) is 0.772. The van der Waals surface area contributed by atoms with Crippen LogP contribution in [0.15, 0.2) is 48.5 Å². The number of aryl methyl sites for hydroxylation is 1. The second-order valence-electron chi connectivity index (χ2n) is 8.96. The van der Waals surface area contributed by atoms with E-state index in [0.29, 0.717) is 0 Å². The van der Waals surface area contributed by atoms with Crippen LogP contribution in [0, 0.1) is 0 Å². The smallest absolute Gasteiger partial charge is 0.0869 e. The van der Waals surface area contributed by atoms with Crippen molar-refractivity contribution in [1.82, 2.24) is 10.2 Å². The lowest BCUT2D eigenvalue weighted by molar-refractivity contribution is -0.133. The molecule has 1 unspecified atom stereocenters. The van der Waals surface area contributed by atoms with Crippen LogP contribution in [-0.4, -0.2) is 41.8 Å². The van der Waals surface area contributed by atoms with E-state index < -0.39 is 11.1 Å². The first-order valence-electron chi connectivity index (χ1n) is 11.5. The Hall–Kier alpha value is -1.68. The zero-order chi connectivity index (χ0) is 20.3. The molecule has 2 fully saturated rings. The monoisotopic (exact) mass is 392 g/mol. The SMILES string of the molecule is CCc1cccc(C(C)(N2CCNCC2)C2(O)CCCCC2)c1-c1ccccc1. The molecule has 0 spiro atoms. The summed E-state index contributed by atoms with van der Waals surface area (Å²) in [6, 6.07) is 17.5. The average molecular weight is 393 g/mol. The molecule has 156 valence electrons. The largest absolute Gasteiger partial charge is 0.388 e. The Kier molecular flexibility index (Phi) is 6.10. The minimum atomic E-state index is -0.696. The van der Waals surface area contributed by atoms with Gasteiger partial charge < -0.3 is 10.4 Å². The molecule has 1 saturated heterocycles. The summed E-state index contributed by atoms with van der Waals surface area (Å²) >= 11 is 0. The topological polar surface area (TPSA) is 35.5 Å². The van der Waals surface area contributed by atoms with E-state index in [2.05, 4.69) is 72.6 Å². The summed E-state index contributed by atoms with van der Waals surface area (Å²) in [4.78, 5) is 2.57. The zero-order valence-corrected chi connectivity index (χ0v) is 18.1. The van der Waals surface area contributed by atoms with Crippen LogP contribution in [0.5, 0.6) is 0 Å². The van der Waals surface area contributed by atoms with Crippen LogP contribution < -0.4 is 5.32 Å². The van der Waals surface area contributed by atoms with Gasteiger partial charge >= 0.3 is 0 Å². The molecule has 2 aromatic carbocycles. The van der Waals surface area contributed by atoms with Gasteiger partial charge in [-0.3, -0.25) is 4.90 Å². The molecule has 1 heterocycles. The van der Waals surface area contributed by atoms with Crippen molar-refractivity contribution in [3.05, 3.63) is 59.7 Å². The van der Waals surface area contributed by atoms with Gasteiger partial charge in [0.05, 0.1) is 11.1 Å². The Morgan fingerprint density at radius 3 is 2.31 bits per heavy atom. The molecule has 1 saturated carbocycles. The van der Waals surface area contributed by atoms with Crippen LogP contribution in [0.3, 0.4) is 0 Å². The molecule has 0 amide bonds. The Labute approximate surface area is 176 Å². The van der Waals surface area contributed by atoms with Crippen molar-refractivity contribution in [3.8, 4) is 11.1 Å². The lowest BCUT2D eigenvalue weighted by atomic mass is 9.65. The second-order valence-corrected chi connectivity index (χ2v) is 8.96. The Morgan fingerprint density at radius 1 is 0.966 bits per heavy atom. The first-order valence-corrected chi connectivity index (χ1v) is 11.5. The van der Waals surface area contributed by atoms with Crippen LogP contribution >= 0.6 is 0 Å². The summed E-state index contributed by atoms with van der Waals surface area (Å²) in [6.45, 7) is 8.49. The van der Waals surface area contributed by atoms with E-state index in [-0.39, 0.29) is 0 Å². The summed E-state index contributed by atoms with van der Waals surface area (Å²) < 4.78 is 0. The maximum atomic E-state index is 12.2. The maximum absolute atomic E-state index is 12.2. The van der Waals surface area contributed by atoms with Crippen molar-refractivity contribution < 1.29 is 5.11 Å². The van der Waals surface area contributed by atoms with Gasteiger partial charge in [-0.25, -0.2) is 0 Å². The average Bonchev–Trinajstić information content (AvgIpc) is 2.79. The highest BCUT2D eigenvalue weighted by molar-refractivity contribution is 5.73. The van der Waals surface area contributed by atoms with E-state index in [1.54, 1.807) is 0 Å². The number of nitrogens with zero attached hydrogens (tertiary/aromatic N) is 1. The van der Waals surface area contributed by atoms with Crippen molar-refractivity contribution in [2.24, 2.45) is 0 Å². The van der Waals surface area contributed by atoms with E-state index >= 15 is 0 Å². The molecule has 3 nitrogen and oxygen atoms in total. The third-order valence-corrected chi connectivity index (χ3v) is 7.45. The Balaban J connectivity index is 1.94. The van der Waals surface area contributed by atoms with Crippen molar-refractivity contribution in [3.63, 3.8) is 0 Å². The van der Waals surface area contributed by atoms with Gasteiger partial charge in [0.15, 0.2) is 0 Å². The molecule has 2 aliphatic rings. The molecule has 2 N–H and O–H groups in total.